The van der Waals surface area contributed by atoms with Crippen LogP contribution in [-0.4, -0.2) is 11.5 Å². The van der Waals surface area contributed by atoms with Crippen LogP contribution < -0.4 is 0 Å². The number of alkyl halides is 1. The Morgan fingerprint density at radius 2 is 1.89 bits per heavy atom. The van der Waals surface area contributed by atoms with Crippen molar-refractivity contribution in [2.24, 2.45) is 5.41 Å². The van der Waals surface area contributed by atoms with E-state index < -0.39 is 0 Å². The number of halogens is 1. The molecule has 0 aromatic heterocycles. The molecule has 1 aliphatic carbocycles. The van der Waals surface area contributed by atoms with Crippen molar-refractivity contribution in [1.29, 1.82) is 0 Å². The van der Waals surface area contributed by atoms with Crippen molar-refractivity contribution in [2.45, 2.75) is 19.8 Å². The second-order valence-electron chi connectivity index (χ2n) is 2.53. The van der Waals surface area contributed by atoms with Crippen molar-refractivity contribution in [3.05, 3.63) is 0 Å². The van der Waals surface area contributed by atoms with E-state index in [1.165, 1.54) is 18.2 Å². The van der Waals surface area contributed by atoms with Crippen molar-refractivity contribution in [2.75, 3.05) is 5.33 Å². The lowest BCUT2D eigenvalue weighted by molar-refractivity contribution is -0.191. The highest BCUT2D eigenvalue weighted by atomic mass is 79.9. The van der Waals surface area contributed by atoms with Crippen LogP contribution in [0.3, 0.4) is 0 Å². The van der Waals surface area contributed by atoms with Gasteiger partial charge in [-0.05, 0) is 18.3 Å². The van der Waals surface area contributed by atoms with Crippen molar-refractivity contribution >= 4 is 22.1 Å². The Bertz CT molecular complexity index is 112. The normalized spacial score (nSPS) is 18.9. The fraction of sp³-hybridized carbons (Fsp3) is 0.833. The van der Waals surface area contributed by atoms with Gasteiger partial charge in [-0.1, -0.05) is 22.9 Å². The second kappa shape index (κ2) is 3.80. The van der Waals surface area contributed by atoms with E-state index >= 15 is 0 Å². The standard InChI is InChI=1S/C5H9Br.CO2/c1-5(4-6)2-3-5;2-1-3/h2-4H2,1H3;. The van der Waals surface area contributed by atoms with Gasteiger partial charge in [0, 0.05) is 5.33 Å². The SMILES string of the molecule is CC1(CBr)CC1.O=C=O. The molecule has 1 rings (SSSR count). The maximum Gasteiger partial charge on any atom is 0.373 e. The molecule has 1 fully saturated rings. The summed E-state index contributed by atoms with van der Waals surface area (Å²) in [5.74, 6) is 0. The van der Waals surface area contributed by atoms with E-state index in [1.807, 2.05) is 0 Å². The lowest BCUT2D eigenvalue weighted by Gasteiger charge is -1.95. The highest BCUT2D eigenvalue weighted by Gasteiger charge is 2.35. The first-order valence-corrected chi connectivity index (χ1v) is 3.86. The zero-order valence-electron chi connectivity index (χ0n) is 5.32. The van der Waals surface area contributed by atoms with Crippen LogP contribution in [0.15, 0.2) is 0 Å². The minimum atomic E-state index is 0.250. The van der Waals surface area contributed by atoms with Gasteiger partial charge in [-0.15, -0.1) is 0 Å². The molecule has 52 valence electrons. The smallest absolute Gasteiger partial charge is 0.186 e. The topological polar surface area (TPSA) is 34.1 Å². The first-order valence-electron chi connectivity index (χ1n) is 2.74. The summed E-state index contributed by atoms with van der Waals surface area (Å²) in [4.78, 5) is 16.2. The van der Waals surface area contributed by atoms with E-state index in [0.717, 1.165) is 0 Å². The molecule has 2 nitrogen and oxygen atoms in total. The van der Waals surface area contributed by atoms with Gasteiger partial charge in [0.2, 0.25) is 0 Å². The summed E-state index contributed by atoms with van der Waals surface area (Å²) in [6.45, 7) is 2.31. The van der Waals surface area contributed by atoms with Crippen LogP contribution in [0.25, 0.3) is 0 Å². The van der Waals surface area contributed by atoms with E-state index in [0.29, 0.717) is 5.41 Å². The lowest BCUT2D eigenvalue weighted by Crippen LogP contribution is -1.90. The third kappa shape index (κ3) is 4.37. The van der Waals surface area contributed by atoms with Crippen molar-refractivity contribution < 1.29 is 9.59 Å². The number of carbonyl (C=O) groups excluding carboxylic acids is 2. The molecule has 0 heterocycles. The third-order valence-electron chi connectivity index (χ3n) is 1.43. The summed E-state index contributed by atoms with van der Waals surface area (Å²) in [5, 5.41) is 1.19. The van der Waals surface area contributed by atoms with Gasteiger partial charge in [0.15, 0.2) is 0 Å². The average molecular weight is 193 g/mol. The Labute approximate surface area is 62.8 Å². The van der Waals surface area contributed by atoms with Crippen molar-refractivity contribution in [3.8, 4) is 0 Å². The first-order chi connectivity index (χ1) is 4.18. The maximum atomic E-state index is 8.12. The van der Waals surface area contributed by atoms with Crippen molar-refractivity contribution in [1.82, 2.24) is 0 Å². The Kier molecular flexibility index (Phi) is 3.75. The fourth-order valence-electron chi connectivity index (χ4n) is 0.347. The van der Waals surface area contributed by atoms with Crippen LogP contribution in [0, 0.1) is 5.41 Å². The highest BCUT2D eigenvalue weighted by molar-refractivity contribution is 9.09. The second-order valence-corrected chi connectivity index (χ2v) is 3.09. The Morgan fingerprint density at radius 1 is 1.56 bits per heavy atom. The molecule has 1 aliphatic rings. The summed E-state index contributed by atoms with van der Waals surface area (Å²) < 4.78 is 0. The number of rotatable bonds is 1. The van der Waals surface area contributed by atoms with Crippen LogP contribution in [0.2, 0.25) is 0 Å². The van der Waals surface area contributed by atoms with Gasteiger partial charge in [0.1, 0.15) is 0 Å². The lowest BCUT2D eigenvalue weighted by atomic mass is 10.2. The van der Waals surface area contributed by atoms with Crippen LogP contribution in [0.4, 0.5) is 0 Å². The van der Waals surface area contributed by atoms with Gasteiger partial charge >= 0.3 is 6.15 Å². The summed E-state index contributed by atoms with van der Waals surface area (Å²) in [5.41, 5.74) is 0.708. The molecule has 0 radical (unpaired) electrons. The molecule has 0 amide bonds. The summed E-state index contributed by atoms with van der Waals surface area (Å²) in [7, 11) is 0. The average Bonchev–Trinajstić information content (AvgIpc) is 2.52. The monoisotopic (exact) mass is 192 g/mol. The van der Waals surface area contributed by atoms with Gasteiger partial charge in [0.05, 0.1) is 0 Å². The Hall–Kier alpha value is -0.140. The summed E-state index contributed by atoms with van der Waals surface area (Å²) >= 11 is 3.43. The molecule has 0 atom stereocenters. The maximum absolute atomic E-state index is 8.12. The molecule has 1 saturated carbocycles. The fourth-order valence-corrected chi connectivity index (χ4v) is 0.908. The van der Waals surface area contributed by atoms with Gasteiger partial charge in [-0.2, -0.15) is 9.59 Å². The van der Waals surface area contributed by atoms with Gasteiger partial charge in [-0.3, -0.25) is 0 Å². The van der Waals surface area contributed by atoms with Crippen LogP contribution >= 0.6 is 15.9 Å². The molecular formula is C6H9BrO2. The van der Waals surface area contributed by atoms with E-state index in [4.69, 9.17) is 9.59 Å². The molecule has 0 aromatic rings. The van der Waals surface area contributed by atoms with Crippen molar-refractivity contribution in [3.63, 3.8) is 0 Å². The number of hydrogen-bond acceptors (Lipinski definition) is 2. The number of hydrogen-bond donors (Lipinski definition) is 0. The van der Waals surface area contributed by atoms with Crippen LogP contribution in [-0.2, 0) is 9.59 Å². The molecule has 0 spiro atoms. The zero-order chi connectivity index (χ0) is 7.33. The Balaban J connectivity index is 0.000000187. The quantitative estimate of drug-likeness (QED) is 0.592. The summed E-state index contributed by atoms with van der Waals surface area (Å²) in [6.07, 6.45) is 3.11. The molecular weight excluding hydrogens is 184 g/mol. The Morgan fingerprint density at radius 3 is 1.89 bits per heavy atom. The van der Waals surface area contributed by atoms with E-state index in [2.05, 4.69) is 22.9 Å². The van der Waals surface area contributed by atoms with E-state index in [-0.39, 0.29) is 6.15 Å². The molecule has 0 unspecified atom stereocenters. The minimum Gasteiger partial charge on any atom is -0.186 e. The molecule has 0 N–H and O–H groups in total. The largest absolute Gasteiger partial charge is 0.373 e. The molecule has 0 aromatic carbocycles. The van der Waals surface area contributed by atoms with E-state index in [1.54, 1.807) is 0 Å². The van der Waals surface area contributed by atoms with Gasteiger partial charge in [-0.25, -0.2) is 0 Å². The van der Waals surface area contributed by atoms with E-state index in [9.17, 15) is 0 Å². The molecule has 9 heavy (non-hydrogen) atoms. The highest BCUT2D eigenvalue weighted by Crippen LogP contribution is 2.45. The van der Waals surface area contributed by atoms with Crippen LogP contribution in [0.5, 0.6) is 0 Å². The molecule has 0 aliphatic heterocycles. The van der Waals surface area contributed by atoms with Gasteiger partial charge < -0.3 is 0 Å². The molecule has 0 bridgehead atoms. The minimum absolute atomic E-state index is 0.250. The third-order valence-corrected chi connectivity index (χ3v) is 2.78. The first kappa shape index (κ1) is 8.86. The summed E-state index contributed by atoms with van der Waals surface area (Å²) in [6, 6.07) is 0. The zero-order valence-corrected chi connectivity index (χ0v) is 6.90. The predicted octanol–water partition coefficient (Wildman–Crippen LogP) is 1.60. The molecule has 3 heteroatoms. The van der Waals surface area contributed by atoms with Crippen LogP contribution in [0.1, 0.15) is 19.8 Å². The molecule has 0 saturated heterocycles. The van der Waals surface area contributed by atoms with Gasteiger partial charge in [0.25, 0.3) is 0 Å². The predicted molar refractivity (Wildman–Crippen MR) is 36.1 cm³/mol.